The molecule has 0 radical (unpaired) electrons. The molecule has 3 rings (SSSR count). The number of thiophene rings is 1. The smallest absolute Gasteiger partial charge is 0.264 e. The van der Waals surface area contributed by atoms with E-state index in [0.29, 0.717) is 6.54 Å². The van der Waals surface area contributed by atoms with Gasteiger partial charge in [0.1, 0.15) is 11.3 Å². The van der Waals surface area contributed by atoms with Gasteiger partial charge in [-0.3, -0.25) is 4.79 Å². The summed E-state index contributed by atoms with van der Waals surface area (Å²) in [6.07, 6.45) is 6.08. The minimum atomic E-state index is 0.104. The zero-order valence-electron chi connectivity index (χ0n) is 16.4. The van der Waals surface area contributed by atoms with E-state index in [2.05, 4.69) is 23.4 Å². The van der Waals surface area contributed by atoms with Gasteiger partial charge in [-0.15, -0.1) is 11.3 Å². The first-order valence-electron chi connectivity index (χ1n) is 9.79. The molecule has 6 heteroatoms. The van der Waals surface area contributed by atoms with Crippen molar-refractivity contribution in [3.05, 3.63) is 46.0 Å². The van der Waals surface area contributed by atoms with Crippen LogP contribution in [0.4, 0.5) is 0 Å². The van der Waals surface area contributed by atoms with Crippen molar-refractivity contribution in [2.24, 2.45) is 0 Å². The second-order valence-electron chi connectivity index (χ2n) is 6.87. The van der Waals surface area contributed by atoms with Crippen LogP contribution >= 0.6 is 11.3 Å². The van der Waals surface area contributed by atoms with Gasteiger partial charge >= 0.3 is 0 Å². The lowest BCUT2D eigenvalue weighted by molar-refractivity contribution is 0.0739. The third kappa shape index (κ3) is 4.56. The van der Waals surface area contributed by atoms with Gasteiger partial charge in [-0.05, 0) is 44.0 Å². The number of fused-ring (bicyclic) bond motifs is 1. The molecule has 3 aromatic heterocycles. The molecular formula is C21H28N4OS. The van der Waals surface area contributed by atoms with Crippen LogP contribution in [0.25, 0.3) is 11.2 Å². The standard InChI is InChI=1S/C21H28N4OS/c1-4-6-7-14-24(21(26)18-11-10-16(3)27-18)15-19-23-17-9-8-12-22-20(17)25(19)13-5-2/h8-12H,4-7,13-15H2,1-3H3. The number of carbonyl (C=O) groups excluding carboxylic acids is 1. The number of pyridine rings is 1. The fourth-order valence-corrected chi connectivity index (χ4v) is 4.10. The summed E-state index contributed by atoms with van der Waals surface area (Å²) in [5, 5.41) is 0. The minimum absolute atomic E-state index is 0.104. The lowest BCUT2D eigenvalue weighted by Gasteiger charge is -2.22. The Hall–Kier alpha value is -2.21. The van der Waals surface area contributed by atoms with Crippen LogP contribution in [0.15, 0.2) is 30.5 Å². The van der Waals surface area contributed by atoms with Crippen molar-refractivity contribution in [1.29, 1.82) is 0 Å². The lowest BCUT2D eigenvalue weighted by atomic mass is 10.2. The normalized spacial score (nSPS) is 11.2. The zero-order chi connectivity index (χ0) is 19.2. The molecule has 0 N–H and O–H groups in total. The number of hydrogen-bond acceptors (Lipinski definition) is 4. The number of rotatable bonds is 9. The van der Waals surface area contributed by atoms with E-state index in [1.54, 1.807) is 17.5 Å². The summed E-state index contributed by atoms with van der Waals surface area (Å²) in [6, 6.07) is 7.85. The molecule has 144 valence electrons. The Kier molecular flexibility index (Phi) is 6.61. The fourth-order valence-electron chi connectivity index (χ4n) is 3.27. The molecule has 0 atom stereocenters. The molecule has 0 bridgehead atoms. The van der Waals surface area contributed by atoms with Crippen molar-refractivity contribution < 1.29 is 4.79 Å². The molecule has 0 saturated carbocycles. The molecule has 3 aromatic rings. The van der Waals surface area contributed by atoms with Crippen LogP contribution < -0.4 is 0 Å². The van der Waals surface area contributed by atoms with Crippen molar-refractivity contribution in [1.82, 2.24) is 19.4 Å². The monoisotopic (exact) mass is 384 g/mol. The van der Waals surface area contributed by atoms with Crippen LogP contribution in [0.2, 0.25) is 0 Å². The summed E-state index contributed by atoms with van der Waals surface area (Å²) >= 11 is 1.56. The van der Waals surface area contributed by atoms with Gasteiger partial charge in [0.2, 0.25) is 0 Å². The Labute approximate surface area is 165 Å². The van der Waals surface area contributed by atoms with Crippen LogP contribution in [0.3, 0.4) is 0 Å². The van der Waals surface area contributed by atoms with Crippen LogP contribution in [-0.4, -0.2) is 31.9 Å². The Morgan fingerprint density at radius 1 is 1.19 bits per heavy atom. The molecule has 0 saturated heterocycles. The van der Waals surface area contributed by atoms with Crippen LogP contribution in [0.5, 0.6) is 0 Å². The van der Waals surface area contributed by atoms with E-state index in [0.717, 1.165) is 65.5 Å². The van der Waals surface area contributed by atoms with Crippen molar-refractivity contribution in [3.63, 3.8) is 0 Å². The highest BCUT2D eigenvalue weighted by molar-refractivity contribution is 7.13. The average molecular weight is 385 g/mol. The number of carbonyl (C=O) groups is 1. The lowest BCUT2D eigenvalue weighted by Crippen LogP contribution is -2.32. The first-order valence-corrected chi connectivity index (χ1v) is 10.6. The second-order valence-corrected chi connectivity index (χ2v) is 8.16. The van der Waals surface area contributed by atoms with E-state index in [4.69, 9.17) is 4.98 Å². The fraction of sp³-hybridized carbons (Fsp3) is 0.476. The first kappa shape index (κ1) is 19.5. The largest absolute Gasteiger partial charge is 0.330 e. The summed E-state index contributed by atoms with van der Waals surface area (Å²) < 4.78 is 2.16. The summed E-state index contributed by atoms with van der Waals surface area (Å²) in [6.45, 7) is 8.51. The van der Waals surface area contributed by atoms with Gasteiger partial charge in [0.25, 0.3) is 5.91 Å². The van der Waals surface area contributed by atoms with Gasteiger partial charge < -0.3 is 9.47 Å². The quantitative estimate of drug-likeness (QED) is 0.485. The summed E-state index contributed by atoms with van der Waals surface area (Å²) in [4.78, 5) is 26.3. The molecule has 5 nitrogen and oxygen atoms in total. The average Bonchev–Trinajstić information content (AvgIpc) is 3.25. The number of imidazole rings is 1. The predicted octanol–water partition coefficient (Wildman–Crippen LogP) is 5.04. The van der Waals surface area contributed by atoms with Gasteiger partial charge in [-0.25, -0.2) is 9.97 Å². The minimum Gasteiger partial charge on any atom is -0.330 e. The highest BCUT2D eigenvalue weighted by Gasteiger charge is 2.21. The Morgan fingerprint density at radius 3 is 2.74 bits per heavy atom. The third-order valence-corrected chi connectivity index (χ3v) is 5.62. The summed E-state index contributed by atoms with van der Waals surface area (Å²) in [7, 11) is 0. The first-order chi connectivity index (χ1) is 13.1. The molecule has 3 heterocycles. The van der Waals surface area contributed by atoms with Crippen molar-refractivity contribution in [3.8, 4) is 0 Å². The van der Waals surface area contributed by atoms with Crippen LogP contribution in [0.1, 0.15) is 59.9 Å². The summed E-state index contributed by atoms with van der Waals surface area (Å²) in [5.74, 6) is 1.02. The SMILES string of the molecule is CCCCCN(Cc1nc2cccnc2n1CCC)C(=O)c1ccc(C)s1. The van der Waals surface area contributed by atoms with E-state index in [9.17, 15) is 4.79 Å². The maximum atomic E-state index is 13.1. The molecule has 0 aliphatic heterocycles. The molecule has 0 aliphatic rings. The molecule has 0 unspecified atom stereocenters. The zero-order valence-corrected chi connectivity index (χ0v) is 17.3. The number of unbranched alkanes of at least 4 members (excludes halogenated alkanes) is 2. The van der Waals surface area contributed by atoms with E-state index in [1.165, 1.54) is 0 Å². The Bertz CT molecular complexity index is 899. The van der Waals surface area contributed by atoms with Crippen molar-refractivity contribution in [2.45, 2.75) is 59.5 Å². The van der Waals surface area contributed by atoms with Crippen LogP contribution in [0, 0.1) is 6.92 Å². The molecular weight excluding hydrogens is 356 g/mol. The van der Waals surface area contributed by atoms with Gasteiger partial charge in [-0.2, -0.15) is 0 Å². The Balaban J connectivity index is 1.90. The highest BCUT2D eigenvalue weighted by atomic mass is 32.1. The molecule has 0 aromatic carbocycles. The molecule has 0 aliphatic carbocycles. The number of amides is 1. The summed E-state index contributed by atoms with van der Waals surface area (Å²) in [5.41, 5.74) is 1.80. The van der Waals surface area contributed by atoms with Gasteiger partial charge in [0.05, 0.1) is 11.4 Å². The number of nitrogens with zero attached hydrogens (tertiary/aromatic N) is 4. The molecule has 27 heavy (non-hydrogen) atoms. The third-order valence-electron chi connectivity index (χ3n) is 4.63. The number of aromatic nitrogens is 3. The van der Waals surface area contributed by atoms with E-state index >= 15 is 0 Å². The van der Waals surface area contributed by atoms with Crippen molar-refractivity contribution >= 4 is 28.4 Å². The Morgan fingerprint density at radius 2 is 2.04 bits per heavy atom. The van der Waals surface area contributed by atoms with Crippen LogP contribution in [-0.2, 0) is 13.1 Å². The molecule has 0 fully saturated rings. The van der Waals surface area contributed by atoms with Crippen molar-refractivity contribution in [2.75, 3.05) is 6.54 Å². The molecule has 0 spiro atoms. The molecule has 1 amide bonds. The van der Waals surface area contributed by atoms with E-state index < -0.39 is 0 Å². The number of hydrogen-bond donors (Lipinski definition) is 0. The highest BCUT2D eigenvalue weighted by Crippen LogP contribution is 2.21. The van der Waals surface area contributed by atoms with Gasteiger partial charge in [0, 0.05) is 24.2 Å². The van der Waals surface area contributed by atoms with Gasteiger partial charge in [-0.1, -0.05) is 26.7 Å². The van der Waals surface area contributed by atoms with Gasteiger partial charge in [0.15, 0.2) is 5.65 Å². The second kappa shape index (κ2) is 9.13. The number of aryl methyl sites for hydroxylation is 2. The van der Waals surface area contributed by atoms with E-state index in [1.807, 2.05) is 36.1 Å². The predicted molar refractivity (Wildman–Crippen MR) is 111 cm³/mol. The maximum absolute atomic E-state index is 13.1. The topological polar surface area (TPSA) is 51.0 Å². The van der Waals surface area contributed by atoms with E-state index in [-0.39, 0.29) is 5.91 Å². The maximum Gasteiger partial charge on any atom is 0.264 e.